The molecule has 1 amide bonds. The predicted molar refractivity (Wildman–Crippen MR) is 96.1 cm³/mol. The Morgan fingerprint density at radius 1 is 1.22 bits per heavy atom. The lowest BCUT2D eigenvalue weighted by atomic mass is 10.1. The molecule has 4 rings (SSSR count). The highest BCUT2D eigenvalue weighted by Gasteiger charge is 2.17. The maximum atomic E-state index is 13.4. The zero-order valence-electron chi connectivity index (χ0n) is 14.4. The van der Waals surface area contributed by atoms with E-state index in [0.29, 0.717) is 33.3 Å². The van der Waals surface area contributed by atoms with Crippen molar-refractivity contribution >= 4 is 39.9 Å². The molecule has 2 aromatic heterocycles. The smallest absolute Gasteiger partial charge is 0.308 e. The summed E-state index contributed by atoms with van der Waals surface area (Å²) in [5.74, 6) is -0.938. The molecule has 0 saturated carbocycles. The minimum atomic E-state index is -0.449. The van der Waals surface area contributed by atoms with Gasteiger partial charge in [0.2, 0.25) is 0 Å². The summed E-state index contributed by atoms with van der Waals surface area (Å²) in [5.41, 5.74) is 1.84. The van der Waals surface area contributed by atoms with Crippen LogP contribution in [0.3, 0.4) is 0 Å². The lowest BCUT2D eigenvalue weighted by Crippen LogP contribution is -2.11. The molecule has 0 aliphatic rings. The molecule has 27 heavy (non-hydrogen) atoms. The van der Waals surface area contributed by atoms with E-state index in [4.69, 9.17) is 9.15 Å². The van der Waals surface area contributed by atoms with Gasteiger partial charge in [-0.2, -0.15) is 4.98 Å². The van der Waals surface area contributed by atoms with Gasteiger partial charge in [-0.15, -0.1) is 0 Å². The molecule has 0 saturated heterocycles. The van der Waals surface area contributed by atoms with Crippen molar-refractivity contribution in [3.8, 4) is 5.75 Å². The van der Waals surface area contributed by atoms with Crippen molar-refractivity contribution in [3.05, 3.63) is 54.0 Å². The molecule has 0 radical (unpaired) electrons. The molecule has 0 aliphatic carbocycles. The summed E-state index contributed by atoms with van der Waals surface area (Å²) in [6.07, 6.45) is 1.61. The predicted octanol–water partition coefficient (Wildman–Crippen LogP) is 3.64. The van der Waals surface area contributed by atoms with Crippen LogP contribution in [0.15, 0.2) is 47.0 Å². The minimum absolute atomic E-state index is 0.00842. The molecule has 2 heterocycles. The number of benzene rings is 2. The van der Waals surface area contributed by atoms with Crippen molar-refractivity contribution in [2.45, 2.75) is 6.92 Å². The minimum Gasteiger partial charge on any atom is -0.427 e. The summed E-state index contributed by atoms with van der Waals surface area (Å²) in [5, 5.41) is 3.21. The number of ether oxygens (including phenoxy) is 1. The van der Waals surface area contributed by atoms with Crippen LogP contribution in [0, 0.1) is 5.82 Å². The van der Waals surface area contributed by atoms with Crippen LogP contribution in [0.1, 0.15) is 17.3 Å². The molecular weight excluding hydrogens is 353 g/mol. The highest BCUT2D eigenvalue weighted by atomic mass is 19.1. The Morgan fingerprint density at radius 3 is 2.81 bits per heavy atom. The molecule has 0 unspecified atom stereocenters. The third kappa shape index (κ3) is 3.12. The Morgan fingerprint density at radius 2 is 2.04 bits per heavy atom. The molecular formula is C19H14FN3O4. The first-order valence-electron chi connectivity index (χ1n) is 8.05. The quantitative estimate of drug-likeness (QED) is 0.441. The van der Waals surface area contributed by atoms with Crippen LogP contribution in [0.25, 0.3) is 22.0 Å². The highest BCUT2D eigenvalue weighted by molar-refractivity contribution is 6.12. The van der Waals surface area contributed by atoms with Crippen LogP contribution >= 0.6 is 0 Å². The van der Waals surface area contributed by atoms with Crippen LogP contribution < -0.4 is 10.1 Å². The van der Waals surface area contributed by atoms with E-state index in [0.717, 1.165) is 0 Å². The summed E-state index contributed by atoms with van der Waals surface area (Å²) >= 11 is 0. The lowest BCUT2D eigenvalue weighted by molar-refractivity contribution is -0.131. The number of halogens is 1. The average Bonchev–Trinajstić information content (AvgIpc) is 3.14. The fourth-order valence-corrected chi connectivity index (χ4v) is 2.89. The van der Waals surface area contributed by atoms with Crippen molar-refractivity contribution in [2.75, 3.05) is 5.32 Å². The van der Waals surface area contributed by atoms with Gasteiger partial charge < -0.3 is 13.7 Å². The number of rotatable bonds is 3. The Labute approximate surface area is 152 Å². The Kier molecular flexibility index (Phi) is 3.88. The van der Waals surface area contributed by atoms with Gasteiger partial charge in [-0.1, -0.05) is 0 Å². The van der Waals surface area contributed by atoms with Gasteiger partial charge in [0.25, 0.3) is 5.91 Å². The SMILES string of the molecule is CC(=O)Oc1ccc2nc(NC(=O)c3cn(C)c4cc(F)ccc34)oc2c1. The summed E-state index contributed by atoms with van der Waals surface area (Å²) in [4.78, 5) is 27.9. The molecule has 0 bridgehead atoms. The number of nitrogens with zero attached hydrogens (tertiary/aromatic N) is 2. The first-order chi connectivity index (χ1) is 12.9. The van der Waals surface area contributed by atoms with E-state index < -0.39 is 11.9 Å². The van der Waals surface area contributed by atoms with Gasteiger partial charge in [-0.25, -0.2) is 4.39 Å². The number of hydrogen-bond donors (Lipinski definition) is 1. The largest absolute Gasteiger partial charge is 0.427 e. The maximum absolute atomic E-state index is 13.4. The van der Waals surface area contributed by atoms with Crippen molar-refractivity contribution in [2.24, 2.45) is 7.05 Å². The summed E-state index contributed by atoms with van der Waals surface area (Å²) in [6, 6.07) is 8.94. The summed E-state index contributed by atoms with van der Waals surface area (Å²) in [6.45, 7) is 1.30. The second kappa shape index (κ2) is 6.24. The number of oxazole rings is 1. The normalized spacial score (nSPS) is 11.1. The Hall–Kier alpha value is -3.68. The monoisotopic (exact) mass is 367 g/mol. The molecule has 2 aromatic carbocycles. The third-order valence-corrected chi connectivity index (χ3v) is 4.04. The Bertz CT molecular complexity index is 1210. The summed E-state index contributed by atoms with van der Waals surface area (Å²) < 4.78 is 25.6. The number of aromatic nitrogens is 2. The summed E-state index contributed by atoms with van der Waals surface area (Å²) in [7, 11) is 1.73. The van der Waals surface area contributed by atoms with Gasteiger partial charge in [-0.05, 0) is 30.3 Å². The number of amides is 1. The van der Waals surface area contributed by atoms with Gasteiger partial charge in [0.1, 0.15) is 17.1 Å². The van der Waals surface area contributed by atoms with Crippen molar-refractivity contribution < 1.29 is 23.1 Å². The van der Waals surface area contributed by atoms with E-state index in [-0.39, 0.29) is 11.8 Å². The lowest BCUT2D eigenvalue weighted by Gasteiger charge is -1.99. The number of esters is 1. The van der Waals surface area contributed by atoms with Gasteiger partial charge in [0.15, 0.2) is 5.58 Å². The number of anilines is 1. The van der Waals surface area contributed by atoms with Crippen LogP contribution in [0.4, 0.5) is 10.4 Å². The van der Waals surface area contributed by atoms with Crippen LogP contribution in [0.2, 0.25) is 0 Å². The van der Waals surface area contributed by atoms with E-state index in [1.54, 1.807) is 36.0 Å². The molecule has 7 nitrogen and oxygen atoms in total. The second-order valence-corrected chi connectivity index (χ2v) is 6.01. The molecule has 0 aliphatic heterocycles. The van der Waals surface area contributed by atoms with Gasteiger partial charge in [-0.3, -0.25) is 14.9 Å². The fraction of sp³-hybridized carbons (Fsp3) is 0.105. The highest BCUT2D eigenvalue weighted by Crippen LogP contribution is 2.26. The first kappa shape index (κ1) is 16.8. The van der Waals surface area contributed by atoms with E-state index in [1.807, 2.05) is 0 Å². The molecule has 0 atom stereocenters. The van der Waals surface area contributed by atoms with Gasteiger partial charge in [0.05, 0.1) is 11.1 Å². The molecule has 4 aromatic rings. The van der Waals surface area contributed by atoms with E-state index in [2.05, 4.69) is 10.3 Å². The maximum Gasteiger partial charge on any atom is 0.308 e. The third-order valence-electron chi connectivity index (χ3n) is 4.04. The number of carbonyl (C=O) groups excluding carboxylic acids is 2. The molecule has 136 valence electrons. The number of hydrogen-bond acceptors (Lipinski definition) is 5. The standard InChI is InChI=1S/C19H14FN3O4/c1-10(24)26-12-4-6-15-17(8-12)27-19(21-15)22-18(25)14-9-23(2)16-7-11(20)3-5-13(14)16/h3-9H,1-2H3,(H,21,22,25). The van der Waals surface area contributed by atoms with E-state index in [9.17, 15) is 14.0 Å². The van der Waals surface area contributed by atoms with Crippen molar-refractivity contribution in [1.82, 2.24) is 9.55 Å². The molecule has 0 fully saturated rings. The first-order valence-corrected chi connectivity index (χ1v) is 8.05. The average molecular weight is 367 g/mol. The molecule has 1 N–H and O–H groups in total. The zero-order valence-corrected chi connectivity index (χ0v) is 14.4. The van der Waals surface area contributed by atoms with Crippen LogP contribution in [-0.2, 0) is 11.8 Å². The van der Waals surface area contributed by atoms with E-state index in [1.165, 1.54) is 25.1 Å². The zero-order chi connectivity index (χ0) is 19.1. The number of fused-ring (bicyclic) bond motifs is 2. The Balaban J connectivity index is 1.64. The van der Waals surface area contributed by atoms with E-state index >= 15 is 0 Å². The number of nitrogens with one attached hydrogen (secondary N) is 1. The van der Waals surface area contributed by atoms with Gasteiger partial charge in [0, 0.05) is 31.6 Å². The second-order valence-electron chi connectivity index (χ2n) is 6.01. The van der Waals surface area contributed by atoms with Crippen molar-refractivity contribution in [1.29, 1.82) is 0 Å². The van der Waals surface area contributed by atoms with Gasteiger partial charge >= 0.3 is 12.0 Å². The molecule has 0 spiro atoms. The molecule has 8 heteroatoms. The number of aryl methyl sites for hydroxylation is 1. The topological polar surface area (TPSA) is 86.4 Å². The number of carbonyl (C=O) groups is 2. The van der Waals surface area contributed by atoms with Crippen LogP contribution in [-0.4, -0.2) is 21.4 Å². The van der Waals surface area contributed by atoms with Crippen LogP contribution in [0.5, 0.6) is 5.75 Å². The fourth-order valence-electron chi connectivity index (χ4n) is 2.89. The van der Waals surface area contributed by atoms with Crippen molar-refractivity contribution in [3.63, 3.8) is 0 Å².